The summed E-state index contributed by atoms with van der Waals surface area (Å²) in [5, 5.41) is 4.58. The van der Waals surface area contributed by atoms with E-state index in [0.29, 0.717) is 19.6 Å². The molecule has 3 heterocycles. The fourth-order valence-electron chi connectivity index (χ4n) is 4.31. The Labute approximate surface area is 192 Å². The van der Waals surface area contributed by atoms with Crippen LogP contribution in [0.25, 0.3) is 0 Å². The Hall–Kier alpha value is -2.51. The van der Waals surface area contributed by atoms with Crippen molar-refractivity contribution in [2.24, 2.45) is 7.05 Å². The van der Waals surface area contributed by atoms with Crippen LogP contribution in [0.5, 0.6) is 0 Å². The van der Waals surface area contributed by atoms with E-state index in [1.165, 1.54) is 6.92 Å². The zero-order valence-electron chi connectivity index (χ0n) is 18.8. The number of rotatable bonds is 4. The minimum absolute atomic E-state index is 0.0351. The largest absolute Gasteiger partial charge is 0.434 e. The van der Waals surface area contributed by atoms with Crippen LogP contribution in [0, 0.1) is 0 Å². The Morgan fingerprint density at radius 1 is 1.00 bits per heavy atom. The number of hydrogen-bond donors (Lipinski definition) is 0. The molecule has 2 fully saturated rings. The highest BCUT2D eigenvalue weighted by atomic mass is 19.4. The van der Waals surface area contributed by atoms with Gasteiger partial charge in [-0.2, -0.15) is 31.4 Å². The fraction of sp³-hybridized carbons (Fsp3) is 0.750. The molecule has 2 amide bonds. The number of amides is 2. The minimum atomic E-state index is -5.74. The van der Waals surface area contributed by atoms with Crippen molar-refractivity contribution in [3.05, 3.63) is 17.5 Å². The lowest BCUT2D eigenvalue weighted by molar-refractivity contribution is -0.308. The maximum absolute atomic E-state index is 12.7. The van der Waals surface area contributed by atoms with Crippen molar-refractivity contribution < 1.29 is 40.7 Å². The quantitative estimate of drug-likeness (QED) is 0.596. The number of nitrogens with zero attached hydrogens (tertiary/aromatic N) is 5. The molecule has 34 heavy (non-hydrogen) atoms. The lowest BCUT2D eigenvalue weighted by Crippen LogP contribution is -2.52. The van der Waals surface area contributed by atoms with Gasteiger partial charge < -0.3 is 14.5 Å². The van der Waals surface area contributed by atoms with Crippen molar-refractivity contribution in [1.29, 1.82) is 0 Å². The lowest BCUT2D eigenvalue weighted by Gasteiger charge is -2.35. The normalized spacial score (nSPS) is 19.1. The summed E-state index contributed by atoms with van der Waals surface area (Å²) < 4.78 is 81.4. The number of piperidine rings is 1. The zero-order chi connectivity index (χ0) is 25.3. The van der Waals surface area contributed by atoms with E-state index in [4.69, 9.17) is 0 Å². The molecule has 0 aliphatic carbocycles. The number of alkyl halides is 6. The maximum Gasteiger partial charge on any atom is 0.434 e. The van der Waals surface area contributed by atoms with Gasteiger partial charge in [-0.3, -0.25) is 14.4 Å². The molecule has 1 aromatic heterocycles. The second-order valence-corrected chi connectivity index (χ2v) is 8.60. The molecule has 0 atom stereocenters. The Morgan fingerprint density at radius 2 is 1.56 bits per heavy atom. The van der Waals surface area contributed by atoms with Gasteiger partial charge in [0.1, 0.15) is 0 Å². The zero-order valence-corrected chi connectivity index (χ0v) is 18.8. The minimum Gasteiger partial charge on any atom is -0.426 e. The summed E-state index contributed by atoms with van der Waals surface area (Å²) in [4.78, 5) is 28.1. The molecule has 8 nitrogen and oxygen atoms in total. The van der Waals surface area contributed by atoms with E-state index >= 15 is 0 Å². The van der Waals surface area contributed by atoms with Gasteiger partial charge in [-0.25, -0.2) is 4.79 Å². The third kappa shape index (κ3) is 6.33. The number of likely N-dealkylation sites (tertiary alicyclic amines) is 1. The number of piperazine rings is 1. The van der Waals surface area contributed by atoms with Crippen LogP contribution < -0.4 is 0 Å². The van der Waals surface area contributed by atoms with Gasteiger partial charge >= 0.3 is 18.4 Å². The molecule has 14 heteroatoms. The van der Waals surface area contributed by atoms with Crippen LogP contribution in [0.15, 0.2) is 6.20 Å². The molecule has 0 spiro atoms. The Balaban J connectivity index is 1.56. The van der Waals surface area contributed by atoms with E-state index in [2.05, 4.69) is 9.84 Å². The summed E-state index contributed by atoms with van der Waals surface area (Å²) in [6.07, 6.45) is -13.8. The van der Waals surface area contributed by atoms with Crippen molar-refractivity contribution in [2.45, 2.75) is 50.7 Å². The van der Waals surface area contributed by atoms with Crippen molar-refractivity contribution in [3.8, 4) is 0 Å². The average Bonchev–Trinajstić information content (AvgIpc) is 3.10. The number of ether oxygens (including phenoxy) is 1. The molecule has 2 aliphatic heterocycles. The van der Waals surface area contributed by atoms with E-state index < -0.39 is 24.5 Å². The van der Waals surface area contributed by atoms with Crippen LogP contribution in [-0.2, 0) is 23.1 Å². The second kappa shape index (κ2) is 10.0. The van der Waals surface area contributed by atoms with E-state index in [9.17, 15) is 35.9 Å². The van der Waals surface area contributed by atoms with Gasteiger partial charge in [0, 0.05) is 77.5 Å². The van der Waals surface area contributed by atoms with Crippen LogP contribution in [-0.4, -0.2) is 94.2 Å². The van der Waals surface area contributed by atoms with Gasteiger partial charge in [0.2, 0.25) is 5.91 Å². The molecular formula is C20H27F6N5O3. The van der Waals surface area contributed by atoms with Crippen LogP contribution >= 0.6 is 0 Å². The smallest absolute Gasteiger partial charge is 0.426 e. The first-order valence-electron chi connectivity index (χ1n) is 10.8. The van der Waals surface area contributed by atoms with Gasteiger partial charge in [0.05, 0.1) is 5.69 Å². The van der Waals surface area contributed by atoms with Crippen LogP contribution in [0.4, 0.5) is 31.1 Å². The summed E-state index contributed by atoms with van der Waals surface area (Å²) in [5.41, 5.74) is 1.89. The predicted molar refractivity (Wildman–Crippen MR) is 107 cm³/mol. The number of carbonyl (C=O) groups excluding carboxylic acids is 2. The first-order valence-corrected chi connectivity index (χ1v) is 10.8. The van der Waals surface area contributed by atoms with Crippen LogP contribution in [0.1, 0.15) is 36.9 Å². The van der Waals surface area contributed by atoms with Crippen molar-refractivity contribution in [3.63, 3.8) is 0 Å². The monoisotopic (exact) mass is 499 g/mol. The third-order valence-corrected chi connectivity index (χ3v) is 6.10. The highest BCUT2D eigenvalue weighted by molar-refractivity contribution is 5.73. The van der Waals surface area contributed by atoms with E-state index in [1.807, 2.05) is 11.1 Å². The van der Waals surface area contributed by atoms with Gasteiger partial charge in [-0.1, -0.05) is 0 Å². The molecule has 192 valence electrons. The van der Waals surface area contributed by atoms with Crippen LogP contribution in [0.3, 0.4) is 0 Å². The highest BCUT2D eigenvalue weighted by Gasteiger charge is 2.60. The Bertz CT molecular complexity index is 857. The predicted octanol–water partition coefficient (Wildman–Crippen LogP) is 2.89. The topological polar surface area (TPSA) is 70.9 Å². The number of aryl methyl sites for hydroxylation is 1. The van der Waals surface area contributed by atoms with Crippen molar-refractivity contribution >= 4 is 12.0 Å². The average molecular weight is 499 g/mol. The number of carbonyl (C=O) groups is 2. The SMILES string of the molecule is CC(=O)N1CCC(c2nn(C)cc2CN2CCN(C(=O)OC(C(F)(F)F)C(F)(F)F)CC2)CC1. The maximum atomic E-state index is 12.7. The van der Waals surface area contributed by atoms with Gasteiger partial charge in [0.25, 0.3) is 6.10 Å². The van der Waals surface area contributed by atoms with Crippen LogP contribution in [0.2, 0.25) is 0 Å². The standard InChI is InChI=1S/C20H27F6N5O3/c1-13(32)30-5-3-14(4-6-30)16-15(11-28(2)27-16)12-29-7-9-31(10-8-29)18(33)34-17(19(21,22)23)20(24,25)26/h11,14,17H,3-10,12H2,1-2H3. The van der Waals surface area contributed by atoms with E-state index in [0.717, 1.165) is 29.0 Å². The summed E-state index contributed by atoms with van der Waals surface area (Å²) in [5.74, 6) is 0.220. The van der Waals surface area contributed by atoms with Gasteiger partial charge in [-0.15, -0.1) is 0 Å². The van der Waals surface area contributed by atoms with Gasteiger partial charge in [0.15, 0.2) is 0 Å². The highest BCUT2D eigenvalue weighted by Crippen LogP contribution is 2.36. The molecule has 2 aliphatic rings. The number of hydrogen-bond acceptors (Lipinski definition) is 5. The van der Waals surface area contributed by atoms with Crippen molar-refractivity contribution in [1.82, 2.24) is 24.5 Å². The molecule has 0 N–H and O–H groups in total. The van der Waals surface area contributed by atoms with Crippen molar-refractivity contribution in [2.75, 3.05) is 39.3 Å². The summed E-state index contributed by atoms with van der Waals surface area (Å²) >= 11 is 0. The molecule has 0 bridgehead atoms. The lowest BCUT2D eigenvalue weighted by atomic mass is 9.91. The van der Waals surface area contributed by atoms with Gasteiger partial charge in [-0.05, 0) is 12.8 Å². The molecule has 0 aromatic carbocycles. The van der Waals surface area contributed by atoms with E-state index in [1.54, 1.807) is 16.6 Å². The summed E-state index contributed by atoms with van der Waals surface area (Å²) in [6, 6.07) is 0. The number of halogens is 6. The van der Waals surface area contributed by atoms with E-state index in [-0.39, 0.29) is 38.0 Å². The molecular weight excluding hydrogens is 472 g/mol. The fourth-order valence-corrected chi connectivity index (χ4v) is 4.31. The second-order valence-electron chi connectivity index (χ2n) is 8.60. The summed E-state index contributed by atoms with van der Waals surface area (Å²) in [7, 11) is 1.80. The first kappa shape index (κ1) is 26.1. The Kier molecular flexibility index (Phi) is 7.68. The molecule has 3 rings (SSSR count). The molecule has 0 radical (unpaired) electrons. The first-order chi connectivity index (χ1) is 15.8. The Morgan fingerprint density at radius 3 is 2.06 bits per heavy atom. The summed E-state index contributed by atoms with van der Waals surface area (Å²) in [6.45, 7) is 3.70. The number of aromatic nitrogens is 2. The molecule has 1 aromatic rings. The molecule has 2 saturated heterocycles. The third-order valence-electron chi connectivity index (χ3n) is 6.10. The molecule has 0 saturated carbocycles. The molecule has 0 unspecified atom stereocenters.